The van der Waals surface area contributed by atoms with Crippen molar-refractivity contribution in [3.63, 3.8) is 0 Å². The summed E-state index contributed by atoms with van der Waals surface area (Å²) in [5.74, 6) is -0.756. The number of hydrogen-bond donors (Lipinski definition) is 2. The van der Waals surface area contributed by atoms with E-state index in [4.69, 9.17) is 0 Å². The molecule has 0 aromatic heterocycles. The summed E-state index contributed by atoms with van der Waals surface area (Å²) < 4.78 is 0.653. The molecule has 1 aromatic carbocycles. The van der Waals surface area contributed by atoms with Crippen molar-refractivity contribution in [1.82, 2.24) is 10.2 Å². The highest BCUT2D eigenvalue weighted by atomic mass is 79.9. The van der Waals surface area contributed by atoms with E-state index in [1.54, 1.807) is 24.3 Å². The van der Waals surface area contributed by atoms with Crippen LogP contribution in [-0.4, -0.2) is 47.6 Å². The predicted molar refractivity (Wildman–Crippen MR) is 78.3 cm³/mol. The van der Waals surface area contributed by atoms with Crippen LogP contribution in [0.15, 0.2) is 28.7 Å². The molecular weight excluding hydrogens is 324 g/mol. The van der Waals surface area contributed by atoms with Crippen LogP contribution in [0.5, 0.6) is 0 Å². The van der Waals surface area contributed by atoms with E-state index in [0.29, 0.717) is 10.0 Å². The zero-order valence-electron chi connectivity index (χ0n) is 11.0. The SMILES string of the molecule is O=C(CN1CCC[C@H]1CO)NC(=O)c1ccccc1Br. The highest BCUT2D eigenvalue weighted by molar-refractivity contribution is 9.10. The normalized spacial score (nSPS) is 19.0. The maximum absolute atomic E-state index is 12.0. The summed E-state index contributed by atoms with van der Waals surface area (Å²) in [6.07, 6.45) is 1.86. The van der Waals surface area contributed by atoms with Crippen LogP contribution in [0.3, 0.4) is 0 Å². The molecule has 1 atom stereocenters. The molecule has 6 heteroatoms. The Bertz CT molecular complexity index is 507. The number of amides is 2. The zero-order valence-corrected chi connectivity index (χ0v) is 12.6. The molecule has 1 aromatic rings. The zero-order chi connectivity index (χ0) is 14.5. The molecule has 1 heterocycles. The summed E-state index contributed by atoms with van der Waals surface area (Å²) in [5.41, 5.74) is 0.431. The van der Waals surface area contributed by atoms with Crippen molar-refractivity contribution in [2.24, 2.45) is 0 Å². The Morgan fingerprint density at radius 3 is 2.85 bits per heavy atom. The summed E-state index contributed by atoms with van der Waals surface area (Å²) >= 11 is 3.28. The van der Waals surface area contributed by atoms with Gasteiger partial charge >= 0.3 is 0 Å². The summed E-state index contributed by atoms with van der Waals surface area (Å²) in [7, 11) is 0. The molecule has 2 rings (SSSR count). The molecule has 0 aliphatic carbocycles. The maximum Gasteiger partial charge on any atom is 0.259 e. The van der Waals surface area contributed by atoms with E-state index in [2.05, 4.69) is 21.2 Å². The van der Waals surface area contributed by atoms with Crippen molar-refractivity contribution in [3.8, 4) is 0 Å². The monoisotopic (exact) mass is 340 g/mol. The second-order valence-corrected chi connectivity index (χ2v) is 5.66. The van der Waals surface area contributed by atoms with Gasteiger partial charge in [-0.2, -0.15) is 0 Å². The molecule has 0 saturated carbocycles. The van der Waals surface area contributed by atoms with Crippen LogP contribution in [0.25, 0.3) is 0 Å². The first-order chi connectivity index (χ1) is 9.61. The molecule has 0 radical (unpaired) electrons. The first-order valence-corrected chi connectivity index (χ1v) is 7.34. The molecule has 20 heavy (non-hydrogen) atoms. The number of nitrogens with zero attached hydrogens (tertiary/aromatic N) is 1. The van der Waals surface area contributed by atoms with Crippen LogP contribution in [0.2, 0.25) is 0 Å². The van der Waals surface area contributed by atoms with E-state index in [1.165, 1.54) is 0 Å². The van der Waals surface area contributed by atoms with Gasteiger partial charge in [-0.25, -0.2) is 0 Å². The molecule has 1 fully saturated rings. The molecule has 2 N–H and O–H groups in total. The Morgan fingerprint density at radius 1 is 1.40 bits per heavy atom. The van der Waals surface area contributed by atoms with Gasteiger partial charge in [0.25, 0.3) is 5.91 Å². The number of rotatable bonds is 4. The quantitative estimate of drug-likeness (QED) is 0.862. The summed E-state index contributed by atoms with van der Waals surface area (Å²) in [4.78, 5) is 25.8. The van der Waals surface area contributed by atoms with E-state index in [1.807, 2.05) is 4.90 Å². The van der Waals surface area contributed by atoms with Crippen LogP contribution in [0.1, 0.15) is 23.2 Å². The Morgan fingerprint density at radius 2 is 2.15 bits per heavy atom. The number of nitrogens with one attached hydrogen (secondary N) is 1. The fourth-order valence-electron chi connectivity index (χ4n) is 2.37. The molecule has 0 unspecified atom stereocenters. The number of imide groups is 1. The molecular formula is C14H17BrN2O3. The van der Waals surface area contributed by atoms with Crippen molar-refractivity contribution >= 4 is 27.7 Å². The van der Waals surface area contributed by atoms with Crippen LogP contribution in [-0.2, 0) is 4.79 Å². The van der Waals surface area contributed by atoms with E-state index in [-0.39, 0.29) is 25.1 Å². The van der Waals surface area contributed by atoms with Gasteiger partial charge in [0.1, 0.15) is 0 Å². The van der Waals surface area contributed by atoms with Gasteiger partial charge < -0.3 is 5.11 Å². The predicted octanol–water partition coefficient (Wildman–Crippen LogP) is 1.16. The summed E-state index contributed by atoms with van der Waals surface area (Å²) in [5, 5.41) is 11.6. The first-order valence-electron chi connectivity index (χ1n) is 6.55. The molecule has 1 saturated heterocycles. The van der Waals surface area contributed by atoms with E-state index in [9.17, 15) is 14.7 Å². The number of carbonyl (C=O) groups is 2. The van der Waals surface area contributed by atoms with Crippen LogP contribution in [0.4, 0.5) is 0 Å². The summed E-state index contributed by atoms with van der Waals surface area (Å²) in [6, 6.07) is 6.98. The number of benzene rings is 1. The molecule has 0 spiro atoms. The van der Waals surface area contributed by atoms with Gasteiger partial charge in [0.2, 0.25) is 5.91 Å². The molecule has 108 valence electrons. The van der Waals surface area contributed by atoms with E-state index in [0.717, 1.165) is 19.4 Å². The lowest BCUT2D eigenvalue weighted by Gasteiger charge is -2.21. The number of aliphatic hydroxyl groups is 1. The molecule has 0 bridgehead atoms. The third-order valence-corrected chi connectivity index (χ3v) is 4.12. The number of carbonyl (C=O) groups excluding carboxylic acids is 2. The van der Waals surface area contributed by atoms with Gasteiger partial charge in [-0.1, -0.05) is 12.1 Å². The number of aliphatic hydroxyl groups excluding tert-OH is 1. The minimum absolute atomic E-state index is 0.0271. The van der Waals surface area contributed by atoms with Gasteiger partial charge in [0.15, 0.2) is 0 Å². The van der Waals surface area contributed by atoms with Crippen molar-refractivity contribution in [3.05, 3.63) is 34.3 Å². The Kier molecular flexibility index (Phi) is 5.28. The van der Waals surface area contributed by atoms with Crippen molar-refractivity contribution in [2.75, 3.05) is 19.7 Å². The van der Waals surface area contributed by atoms with Crippen LogP contribution in [0, 0.1) is 0 Å². The smallest absolute Gasteiger partial charge is 0.259 e. The minimum atomic E-state index is -0.415. The topological polar surface area (TPSA) is 69.6 Å². The average molecular weight is 341 g/mol. The van der Waals surface area contributed by atoms with Crippen LogP contribution >= 0.6 is 15.9 Å². The van der Waals surface area contributed by atoms with Crippen molar-refractivity contribution in [1.29, 1.82) is 0 Å². The van der Waals surface area contributed by atoms with E-state index >= 15 is 0 Å². The van der Waals surface area contributed by atoms with E-state index < -0.39 is 5.91 Å². The Balaban J connectivity index is 1.92. The Hall–Kier alpha value is -1.24. The first kappa shape index (κ1) is 15.2. The Labute approximate surface area is 126 Å². The highest BCUT2D eigenvalue weighted by Gasteiger charge is 2.26. The van der Waals surface area contributed by atoms with Gasteiger partial charge in [-0.05, 0) is 47.4 Å². The number of hydrogen-bond acceptors (Lipinski definition) is 4. The second kappa shape index (κ2) is 6.97. The van der Waals surface area contributed by atoms with Crippen molar-refractivity contribution in [2.45, 2.75) is 18.9 Å². The molecule has 5 nitrogen and oxygen atoms in total. The lowest BCUT2D eigenvalue weighted by molar-refractivity contribution is -0.121. The van der Waals surface area contributed by atoms with Gasteiger partial charge in [-0.3, -0.25) is 19.8 Å². The highest BCUT2D eigenvalue weighted by Crippen LogP contribution is 2.17. The van der Waals surface area contributed by atoms with Gasteiger partial charge in [0, 0.05) is 10.5 Å². The average Bonchev–Trinajstić information content (AvgIpc) is 2.86. The fraction of sp³-hybridized carbons (Fsp3) is 0.429. The lowest BCUT2D eigenvalue weighted by Crippen LogP contribution is -2.43. The van der Waals surface area contributed by atoms with Gasteiger partial charge in [0.05, 0.1) is 18.7 Å². The summed E-state index contributed by atoms with van der Waals surface area (Å²) in [6.45, 7) is 0.967. The van der Waals surface area contributed by atoms with Gasteiger partial charge in [-0.15, -0.1) is 0 Å². The standard InChI is InChI=1S/C14H17BrN2O3/c15-12-6-2-1-5-11(12)14(20)16-13(19)8-17-7-3-4-10(17)9-18/h1-2,5-6,10,18H,3-4,7-9H2,(H,16,19,20)/t10-/m0/s1. The second-order valence-electron chi connectivity index (χ2n) is 4.81. The fourth-order valence-corrected chi connectivity index (χ4v) is 2.84. The molecule has 1 aliphatic heterocycles. The minimum Gasteiger partial charge on any atom is -0.395 e. The number of likely N-dealkylation sites (tertiary alicyclic amines) is 1. The third kappa shape index (κ3) is 3.65. The molecule has 1 aliphatic rings. The largest absolute Gasteiger partial charge is 0.395 e. The van der Waals surface area contributed by atoms with Crippen molar-refractivity contribution < 1.29 is 14.7 Å². The van der Waals surface area contributed by atoms with Crippen LogP contribution < -0.4 is 5.32 Å². The third-order valence-electron chi connectivity index (χ3n) is 3.43. The number of halogens is 1. The molecule has 2 amide bonds. The lowest BCUT2D eigenvalue weighted by atomic mass is 10.2. The maximum atomic E-state index is 12.0.